The minimum Gasteiger partial charge on any atom is -0.388 e. The van der Waals surface area contributed by atoms with E-state index in [4.69, 9.17) is 23.2 Å². The van der Waals surface area contributed by atoms with Crippen LogP contribution >= 0.6 is 23.2 Å². The number of nitrogens with zero attached hydrogens (tertiary/aromatic N) is 5. The first-order valence-corrected chi connectivity index (χ1v) is 9.52. The summed E-state index contributed by atoms with van der Waals surface area (Å²) in [5, 5.41) is 9.37. The summed E-state index contributed by atoms with van der Waals surface area (Å²) < 4.78 is 92.4. The highest BCUT2D eigenvalue weighted by atomic mass is 35.5. The van der Waals surface area contributed by atoms with Crippen molar-refractivity contribution in [3.63, 3.8) is 0 Å². The Bertz CT molecular complexity index is 1200. The number of hydrogen-bond acceptors (Lipinski definition) is 7. The van der Waals surface area contributed by atoms with Crippen molar-refractivity contribution in [1.82, 2.24) is 15.0 Å². The molecule has 0 radical (unpaired) electrons. The van der Waals surface area contributed by atoms with Gasteiger partial charge in [0.25, 0.3) is 0 Å². The molecule has 0 aliphatic heterocycles. The van der Waals surface area contributed by atoms with Crippen LogP contribution in [0.25, 0.3) is 0 Å². The summed E-state index contributed by atoms with van der Waals surface area (Å²) >= 11 is 11.9. The van der Waals surface area contributed by atoms with E-state index in [0.717, 1.165) is 18.3 Å². The zero-order chi connectivity index (χ0) is 25.1. The molecular weight excluding hydrogens is 520 g/mol. The van der Waals surface area contributed by atoms with Gasteiger partial charge in [-0.15, -0.1) is 18.3 Å². The summed E-state index contributed by atoms with van der Waals surface area (Å²) in [5.74, 6) is -2.62. The first kappa shape index (κ1) is 25.4. The molecule has 0 spiro atoms. The lowest BCUT2D eigenvalue weighted by atomic mass is 10.2. The molecule has 0 bridgehead atoms. The number of ether oxygens (including phenoxy) is 1. The SMILES string of the molecule is Fc1ccc(Nc2nc(Cl)nc(N=NCc3ccc(OC(F)(F)F)nc3)c2Cl)cc1C(F)(F)F. The van der Waals surface area contributed by atoms with Crippen molar-refractivity contribution in [3.05, 3.63) is 63.8 Å². The predicted octanol–water partition coefficient (Wildman–Crippen LogP) is 7.26. The van der Waals surface area contributed by atoms with Gasteiger partial charge in [-0.1, -0.05) is 17.7 Å². The number of azo groups is 1. The number of alkyl halides is 6. The highest BCUT2D eigenvalue weighted by molar-refractivity contribution is 6.36. The summed E-state index contributed by atoms with van der Waals surface area (Å²) in [6.45, 7) is -0.146. The number of nitrogens with one attached hydrogen (secondary N) is 1. The van der Waals surface area contributed by atoms with Gasteiger partial charge in [-0.3, -0.25) is 0 Å². The van der Waals surface area contributed by atoms with E-state index in [9.17, 15) is 30.7 Å². The second kappa shape index (κ2) is 9.93. The van der Waals surface area contributed by atoms with Gasteiger partial charge in [0.1, 0.15) is 10.8 Å². The summed E-state index contributed by atoms with van der Waals surface area (Å²) in [6.07, 6.45) is -8.74. The molecule has 180 valence electrons. The summed E-state index contributed by atoms with van der Waals surface area (Å²) in [4.78, 5) is 11.0. The molecule has 34 heavy (non-hydrogen) atoms. The lowest BCUT2D eigenvalue weighted by molar-refractivity contribution is -0.276. The molecule has 0 aliphatic carbocycles. The number of rotatable bonds is 6. The van der Waals surface area contributed by atoms with Crippen LogP contribution in [0.4, 0.5) is 48.1 Å². The van der Waals surface area contributed by atoms with Gasteiger partial charge in [-0.25, -0.2) is 9.37 Å². The maximum Gasteiger partial charge on any atom is 0.574 e. The van der Waals surface area contributed by atoms with Gasteiger partial charge < -0.3 is 10.1 Å². The van der Waals surface area contributed by atoms with Crippen molar-refractivity contribution in [3.8, 4) is 5.88 Å². The monoisotopic (exact) mass is 528 g/mol. The van der Waals surface area contributed by atoms with E-state index < -0.39 is 29.8 Å². The van der Waals surface area contributed by atoms with Crippen LogP contribution < -0.4 is 10.1 Å². The average molecular weight is 529 g/mol. The van der Waals surface area contributed by atoms with Gasteiger partial charge in [0.15, 0.2) is 11.6 Å². The Morgan fingerprint density at radius 2 is 1.74 bits per heavy atom. The largest absolute Gasteiger partial charge is 0.574 e. The molecule has 0 saturated heterocycles. The highest BCUT2D eigenvalue weighted by Gasteiger charge is 2.34. The van der Waals surface area contributed by atoms with Crippen LogP contribution in [0, 0.1) is 5.82 Å². The van der Waals surface area contributed by atoms with Crippen LogP contribution in [0.2, 0.25) is 10.3 Å². The van der Waals surface area contributed by atoms with Crippen molar-refractivity contribution < 1.29 is 35.5 Å². The molecule has 0 amide bonds. The van der Waals surface area contributed by atoms with Gasteiger partial charge >= 0.3 is 12.5 Å². The first-order chi connectivity index (χ1) is 15.8. The average Bonchev–Trinajstić information content (AvgIpc) is 2.72. The predicted molar refractivity (Wildman–Crippen MR) is 106 cm³/mol. The molecular formula is C18H9Cl2F7N6O. The fourth-order valence-electron chi connectivity index (χ4n) is 2.38. The topological polar surface area (TPSA) is 84.7 Å². The van der Waals surface area contributed by atoms with E-state index >= 15 is 0 Å². The fourth-order valence-corrected chi connectivity index (χ4v) is 2.72. The maximum atomic E-state index is 13.5. The second-order valence-corrected chi connectivity index (χ2v) is 6.96. The molecule has 2 aromatic heterocycles. The van der Waals surface area contributed by atoms with Crippen molar-refractivity contribution in [2.24, 2.45) is 10.2 Å². The molecule has 1 N–H and O–H groups in total. The number of halogens is 9. The van der Waals surface area contributed by atoms with E-state index in [1.54, 1.807) is 0 Å². The van der Waals surface area contributed by atoms with Gasteiger partial charge in [-0.05, 0) is 35.4 Å². The van der Waals surface area contributed by atoms with E-state index in [0.29, 0.717) is 17.7 Å². The summed E-state index contributed by atoms with van der Waals surface area (Å²) in [7, 11) is 0. The Morgan fingerprint density at radius 1 is 1.00 bits per heavy atom. The Morgan fingerprint density at radius 3 is 2.35 bits per heavy atom. The van der Waals surface area contributed by atoms with E-state index in [-0.39, 0.29) is 34.2 Å². The molecule has 3 rings (SSSR count). The number of anilines is 2. The molecule has 0 atom stereocenters. The lowest BCUT2D eigenvalue weighted by Crippen LogP contribution is -2.17. The standard InChI is InChI=1S/C18H9Cl2F7N6O/c19-13-14(30-9-2-3-11(21)10(5-9)17(22,23)24)31-16(20)32-15(13)33-29-7-8-1-4-12(28-6-8)34-18(25,26)27/h1-6H,7H2,(H,30,31,32). The molecule has 16 heteroatoms. The number of aromatic nitrogens is 3. The van der Waals surface area contributed by atoms with Crippen molar-refractivity contribution in [2.45, 2.75) is 19.1 Å². The van der Waals surface area contributed by atoms with Crippen LogP contribution in [-0.2, 0) is 12.7 Å². The van der Waals surface area contributed by atoms with Crippen molar-refractivity contribution in [1.29, 1.82) is 0 Å². The van der Waals surface area contributed by atoms with Crippen molar-refractivity contribution in [2.75, 3.05) is 5.32 Å². The van der Waals surface area contributed by atoms with Crippen LogP contribution in [0.15, 0.2) is 46.8 Å². The first-order valence-electron chi connectivity index (χ1n) is 8.77. The van der Waals surface area contributed by atoms with E-state index in [1.807, 2.05) is 0 Å². The van der Waals surface area contributed by atoms with Gasteiger partial charge in [0, 0.05) is 18.0 Å². The third-order valence-electron chi connectivity index (χ3n) is 3.78. The van der Waals surface area contributed by atoms with Gasteiger partial charge in [0.2, 0.25) is 11.2 Å². The van der Waals surface area contributed by atoms with Crippen molar-refractivity contribution >= 4 is 40.5 Å². The minimum atomic E-state index is -4.93. The maximum absolute atomic E-state index is 13.5. The molecule has 1 aromatic carbocycles. The Balaban J connectivity index is 1.76. The second-order valence-electron chi connectivity index (χ2n) is 6.25. The zero-order valence-electron chi connectivity index (χ0n) is 16.2. The van der Waals surface area contributed by atoms with Crippen LogP contribution in [0.3, 0.4) is 0 Å². The molecule has 0 unspecified atom stereocenters. The minimum absolute atomic E-state index is 0.146. The third-order valence-corrected chi connectivity index (χ3v) is 4.29. The quantitative estimate of drug-likeness (QED) is 0.206. The molecule has 0 saturated carbocycles. The smallest absolute Gasteiger partial charge is 0.388 e. The zero-order valence-corrected chi connectivity index (χ0v) is 17.7. The van der Waals surface area contributed by atoms with Gasteiger partial charge in [0.05, 0.1) is 12.1 Å². The Labute approximate surface area is 195 Å². The van der Waals surface area contributed by atoms with Crippen LogP contribution in [0.5, 0.6) is 5.88 Å². The summed E-state index contributed by atoms with van der Waals surface area (Å²) in [5.41, 5.74) is -1.34. The highest BCUT2D eigenvalue weighted by Crippen LogP contribution is 2.36. The fraction of sp³-hybridized carbons (Fsp3) is 0.167. The molecule has 0 aliphatic rings. The van der Waals surface area contributed by atoms with E-state index in [1.165, 1.54) is 6.07 Å². The normalized spacial score (nSPS) is 12.3. The Kier molecular flexibility index (Phi) is 7.41. The Hall–Kier alpha value is -3.26. The van der Waals surface area contributed by atoms with Gasteiger partial charge in [-0.2, -0.15) is 28.3 Å². The van der Waals surface area contributed by atoms with E-state index in [2.05, 4.69) is 35.2 Å². The number of hydrogen-bond donors (Lipinski definition) is 1. The lowest BCUT2D eigenvalue weighted by Gasteiger charge is -2.12. The molecule has 7 nitrogen and oxygen atoms in total. The molecule has 0 fully saturated rings. The number of pyridine rings is 1. The van der Waals surface area contributed by atoms with Crippen LogP contribution in [0.1, 0.15) is 11.1 Å². The molecule has 3 aromatic rings. The summed E-state index contributed by atoms with van der Waals surface area (Å²) in [6, 6.07) is 4.40. The number of benzene rings is 1. The third kappa shape index (κ3) is 6.87. The van der Waals surface area contributed by atoms with Crippen LogP contribution in [-0.4, -0.2) is 21.3 Å². The molecule has 2 heterocycles.